The third-order valence-electron chi connectivity index (χ3n) is 4.47. The fraction of sp³-hybridized carbons (Fsp3) is 0.286. The molecule has 3 rings (SSSR count). The average molecular weight is 653 g/mol. The molecule has 0 saturated carbocycles. The van der Waals surface area contributed by atoms with E-state index in [1.54, 1.807) is 17.6 Å². The summed E-state index contributed by atoms with van der Waals surface area (Å²) in [7, 11) is 5.17. The second-order valence-electron chi connectivity index (χ2n) is 7.32. The van der Waals surface area contributed by atoms with Crippen molar-refractivity contribution in [3.8, 4) is 5.75 Å². The van der Waals surface area contributed by atoms with Gasteiger partial charge in [-0.1, -0.05) is 0 Å². The van der Waals surface area contributed by atoms with Crippen molar-refractivity contribution in [2.45, 2.75) is 13.0 Å². The summed E-state index contributed by atoms with van der Waals surface area (Å²) < 4.78 is 53.5. The van der Waals surface area contributed by atoms with E-state index in [1.807, 2.05) is 48.5 Å². The van der Waals surface area contributed by atoms with Crippen LogP contribution in [0.25, 0.3) is 0 Å². The number of para-hydroxylation sites is 2. The van der Waals surface area contributed by atoms with Crippen molar-refractivity contribution in [2.75, 3.05) is 30.9 Å². The maximum atomic E-state index is 12.2. The van der Waals surface area contributed by atoms with Gasteiger partial charge in [-0.2, -0.15) is 6.67 Å². The summed E-state index contributed by atoms with van der Waals surface area (Å²) in [5.41, 5.74) is 1.54. The van der Waals surface area contributed by atoms with Gasteiger partial charge in [0.1, 0.15) is 0 Å². The Bertz CT molecular complexity index is 1220. The Hall–Kier alpha value is -1.40. The standard InChI is InChI=1S/C16H15NO2.C5H11N2O4S2.2ClH.Ru/c1-12-8-6-7-11-15(12)19-13(2)16(18)17-14-9-4-3-5-10-14;1-12(8,9)6-3-4-7(5-6)13(2,10)11;;;/h1,3-11,13H,2H3,(H,17,18);5H,3-4H2,1-2H3;2*1H;/q;-1;;;+2/p-2. The van der Waals surface area contributed by atoms with Crippen molar-refractivity contribution in [3.05, 3.63) is 66.8 Å². The van der Waals surface area contributed by atoms with Gasteiger partial charge in [-0.15, -0.1) is 0 Å². The van der Waals surface area contributed by atoms with E-state index in [-0.39, 0.29) is 19.0 Å². The molecule has 1 aliphatic rings. The molecular formula is C21H26Cl2N3O6RuS2-. The topological polar surface area (TPSA) is 113 Å². The number of hydrogen-bond donors (Lipinski definition) is 1. The zero-order valence-corrected chi connectivity index (χ0v) is 24.0. The smallest absolute Gasteiger partial charge is 0.185 e. The molecule has 196 valence electrons. The van der Waals surface area contributed by atoms with Crippen molar-refractivity contribution < 1.29 is 39.9 Å². The second-order valence-corrected chi connectivity index (χ2v) is 16.9. The number of amides is 1. The van der Waals surface area contributed by atoms with Gasteiger partial charge in [-0.25, -0.2) is 16.8 Å². The fourth-order valence-electron chi connectivity index (χ4n) is 2.72. The number of benzene rings is 2. The summed E-state index contributed by atoms with van der Waals surface area (Å²) in [6, 6.07) is 16.6. The van der Waals surface area contributed by atoms with Gasteiger partial charge in [0.25, 0.3) is 0 Å². The molecule has 14 heteroatoms. The van der Waals surface area contributed by atoms with Crippen molar-refractivity contribution in [3.63, 3.8) is 0 Å². The summed E-state index contributed by atoms with van der Waals surface area (Å²) in [5, 5.41) is 2.80. The predicted molar refractivity (Wildman–Crippen MR) is 136 cm³/mol. The van der Waals surface area contributed by atoms with Gasteiger partial charge in [0.15, 0.2) is 20.0 Å². The minimum atomic E-state index is -3.32. The van der Waals surface area contributed by atoms with Gasteiger partial charge in [0, 0.05) is 0 Å². The molecular weight excluding hydrogens is 626 g/mol. The summed E-state index contributed by atoms with van der Waals surface area (Å²) >= 11 is -1.95. The quantitative estimate of drug-likeness (QED) is 0.364. The van der Waals surface area contributed by atoms with Gasteiger partial charge < -0.3 is 8.61 Å². The van der Waals surface area contributed by atoms with Gasteiger partial charge in [0.05, 0.1) is 12.5 Å². The molecule has 1 fully saturated rings. The molecule has 1 heterocycles. The van der Waals surface area contributed by atoms with Gasteiger partial charge in [-0.3, -0.25) is 0 Å². The molecule has 0 spiro atoms. The third kappa shape index (κ3) is 10.2. The van der Waals surface area contributed by atoms with Crippen molar-refractivity contribution in [2.24, 2.45) is 0 Å². The zero-order chi connectivity index (χ0) is 26.2. The maximum absolute atomic E-state index is 12.2. The predicted octanol–water partition coefficient (Wildman–Crippen LogP) is 2.81. The molecule has 35 heavy (non-hydrogen) atoms. The van der Waals surface area contributed by atoms with Crippen LogP contribution in [0, 0.1) is 6.67 Å². The average Bonchev–Trinajstić information content (AvgIpc) is 3.28. The molecule has 2 aromatic carbocycles. The number of carbonyl (C=O) groups excluding carboxylic acids is 1. The Morgan fingerprint density at radius 1 is 1.00 bits per heavy atom. The van der Waals surface area contributed by atoms with Crippen molar-refractivity contribution in [1.82, 2.24) is 8.61 Å². The number of anilines is 1. The zero-order valence-electron chi connectivity index (χ0n) is 19.1. The van der Waals surface area contributed by atoms with Crippen LogP contribution in [0.3, 0.4) is 0 Å². The first kappa shape index (κ1) is 29.8. The molecule has 1 N–H and O–H groups in total. The van der Waals surface area contributed by atoms with Crippen LogP contribution in [0.15, 0.2) is 54.6 Å². The molecule has 0 aliphatic carbocycles. The van der Waals surface area contributed by atoms with E-state index < -0.39 is 39.7 Å². The number of nitrogens with one attached hydrogen (secondary N) is 1. The first-order valence-electron chi connectivity index (χ1n) is 10.0. The van der Waals surface area contributed by atoms with Crippen LogP contribution in [0.5, 0.6) is 5.75 Å². The van der Waals surface area contributed by atoms with E-state index in [0.29, 0.717) is 5.75 Å². The van der Waals surface area contributed by atoms with Crippen LogP contribution >= 0.6 is 19.4 Å². The number of sulfonamides is 2. The molecule has 0 bridgehead atoms. The van der Waals surface area contributed by atoms with Crippen LogP contribution in [-0.4, -0.2) is 67.7 Å². The van der Waals surface area contributed by atoms with E-state index in [9.17, 15) is 21.6 Å². The summed E-state index contributed by atoms with van der Waals surface area (Å²) in [6.45, 7) is 3.17. The van der Waals surface area contributed by atoms with Crippen LogP contribution in [0.2, 0.25) is 0 Å². The molecule has 1 atom stereocenters. The molecule has 2 aromatic rings. The van der Waals surface area contributed by atoms with E-state index >= 15 is 0 Å². The number of rotatable bonds is 7. The Kier molecular flexibility index (Phi) is 11.3. The first-order chi connectivity index (χ1) is 16.3. The number of carbonyl (C=O) groups is 1. The molecule has 0 radical (unpaired) electrons. The summed E-state index contributed by atoms with van der Waals surface area (Å²) in [6.07, 6.45) is 1.44. The van der Waals surface area contributed by atoms with Gasteiger partial charge in [-0.05, 0) is 13.1 Å². The van der Waals surface area contributed by atoms with Crippen LogP contribution in [-0.2, 0) is 38.4 Å². The third-order valence-corrected chi connectivity index (χ3v) is 8.56. The van der Waals surface area contributed by atoms with Crippen molar-refractivity contribution >= 4 is 55.6 Å². The van der Waals surface area contributed by atoms with E-state index in [0.717, 1.165) is 39.0 Å². The van der Waals surface area contributed by atoms with Gasteiger partial charge >= 0.3 is 143 Å². The Labute approximate surface area is 219 Å². The fourth-order valence-corrected chi connectivity index (χ4v) is 5.99. The SMILES string of the molecule is CC(Oc1ccccc1[CH]=[Ru]([Cl])[Cl])C(=O)Nc1ccccc1.CS(=O)(=O)N1[CH-]N(S(C)(=O)=O)CC1. The summed E-state index contributed by atoms with van der Waals surface area (Å²) in [5.74, 6) is 0.380. The number of halogens is 2. The minimum absolute atomic E-state index is 0.186. The second kappa shape index (κ2) is 13.2. The minimum Gasteiger partial charge on any atom is -0.336 e. The molecule has 0 aromatic heterocycles. The largest absolute Gasteiger partial charge is 0.336 e. The van der Waals surface area contributed by atoms with E-state index in [2.05, 4.69) is 5.32 Å². The van der Waals surface area contributed by atoms with Gasteiger partial charge in [0.2, 0.25) is 0 Å². The number of ether oxygens (including phenoxy) is 1. The van der Waals surface area contributed by atoms with Crippen molar-refractivity contribution in [1.29, 1.82) is 0 Å². The van der Waals surface area contributed by atoms with Crippen LogP contribution < -0.4 is 10.1 Å². The molecule has 1 unspecified atom stereocenters. The number of nitrogens with zero attached hydrogens (tertiary/aromatic N) is 2. The first-order valence-corrected chi connectivity index (χ1v) is 19.2. The maximum Gasteiger partial charge on any atom is 0.185 e. The Morgan fingerprint density at radius 3 is 2.00 bits per heavy atom. The molecule has 1 aliphatic heterocycles. The Balaban J connectivity index is 0.000000283. The monoisotopic (exact) mass is 652 g/mol. The normalized spacial score (nSPS) is 16.0. The van der Waals surface area contributed by atoms with Crippen LogP contribution in [0.1, 0.15) is 12.5 Å². The number of hydrogen-bond acceptors (Lipinski definition) is 6. The Morgan fingerprint density at radius 2 is 1.51 bits per heavy atom. The molecule has 1 saturated heterocycles. The summed E-state index contributed by atoms with van der Waals surface area (Å²) in [4.78, 5) is 12.2. The van der Waals surface area contributed by atoms with Crippen LogP contribution in [0.4, 0.5) is 5.69 Å². The molecule has 1 amide bonds. The van der Waals surface area contributed by atoms with E-state index in [4.69, 9.17) is 24.1 Å². The molecule has 9 nitrogen and oxygen atoms in total. The van der Waals surface area contributed by atoms with E-state index in [1.165, 1.54) is 0 Å².